The Labute approximate surface area is 172 Å². The molecule has 0 amide bonds. The summed E-state index contributed by atoms with van der Waals surface area (Å²) in [5, 5.41) is 18.7. The molecule has 3 heterocycles. The Kier molecular flexibility index (Phi) is 5.66. The summed E-state index contributed by atoms with van der Waals surface area (Å²) in [5.41, 5.74) is 0.599. The number of hydrogen-bond donors (Lipinski definition) is 2. The molecular weight excluding hydrogens is 394 g/mol. The number of nitro groups is 1. The van der Waals surface area contributed by atoms with Gasteiger partial charge < -0.3 is 10.6 Å². The minimum Gasteiger partial charge on any atom is -0.367 e. The van der Waals surface area contributed by atoms with Crippen molar-refractivity contribution in [1.82, 2.24) is 19.9 Å². The molecule has 0 aromatic carbocycles. The summed E-state index contributed by atoms with van der Waals surface area (Å²) in [6.45, 7) is 0.750. The number of hydrogen-bond acceptors (Lipinski definition) is 8. The lowest BCUT2D eigenvalue weighted by atomic mass is 9.86. The fourth-order valence-electron chi connectivity index (χ4n) is 3.56. The maximum atomic E-state index is 10.6. The SMILES string of the molecule is O=[N+]([O-])c1cnc(NCC2CCC(Nc3ccc4ccnc(Cl)c4n3)CC2)nc1. The zero-order valence-electron chi connectivity index (χ0n) is 15.6. The van der Waals surface area contributed by atoms with Crippen molar-refractivity contribution >= 4 is 40.0 Å². The fourth-order valence-corrected chi connectivity index (χ4v) is 3.76. The highest BCUT2D eigenvalue weighted by Crippen LogP contribution is 2.27. The van der Waals surface area contributed by atoms with E-state index in [-0.39, 0.29) is 5.69 Å². The Morgan fingerprint density at radius 2 is 1.86 bits per heavy atom. The van der Waals surface area contributed by atoms with Gasteiger partial charge in [0.2, 0.25) is 5.95 Å². The summed E-state index contributed by atoms with van der Waals surface area (Å²) < 4.78 is 0. The third-order valence-electron chi connectivity index (χ3n) is 5.16. The number of aromatic nitrogens is 4. The molecule has 29 heavy (non-hydrogen) atoms. The monoisotopic (exact) mass is 413 g/mol. The van der Waals surface area contributed by atoms with Crippen LogP contribution in [0, 0.1) is 16.0 Å². The summed E-state index contributed by atoms with van der Waals surface area (Å²) in [5.74, 6) is 1.74. The largest absolute Gasteiger partial charge is 0.367 e. The lowest BCUT2D eigenvalue weighted by Crippen LogP contribution is -2.29. The first-order valence-corrected chi connectivity index (χ1v) is 9.84. The molecule has 10 heteroatoms. The molecule has 1 aliphatic carbocycles. The minimum absolute atomic E-state index is 0.110. The van der Waals surface area contributed by atoms with E-state index < -0.39 is 4.92 Å². The van der Waals surface area contributed by atoms with Crippen molar-refractivity contribution in [3.05, 3.63) is 52.1 Å². The first-order valence-electron chi connectivity index (χ1n) is 9.46. The second-order valence-corrected chi connectivity index (χ2v) is 7.49. The summed E-state index contributed by atoms with van der Waals surface area (Å²) in [4.78, 5) is 26.8. The van der Waals surface area contributed by atoms with Gasteiger partial charge in [-0.25, -0.2) is 19.9 Å². The van der Waals surface area contributed by atoms with Gasteiger partial charge in [-0.15, -0.1) is 0 Å². The average molecular weight is 414 g/mol. The van der Waals surface area contributed by atoms with Gasteiger partial charge in [0.1, 0.15) is 23.7 Å². The van der Waals surface area contributed by atoms with Crippen LogP contribution in [0.4, 0.5) is 17.5 Å². The Bertz CT molecular complexity index is 1010. The maximum absolute atomic E-state index is 10.6. The standard InChI is InChI=1S/C19H20ClN7O2/c20-18-17-13(7-8-21-18)3-6-16(26-17)25-14-4-1-12(2-5-14)9-22-19-23-10-15(11-24-19)27(28)29/h3,6-8,10-12,14H,1-2,4-5,9H2,(H,25,26)(H,22,23,24). The van der Waals surface area contributed by atoms with Crippen LogP contribution < -0.4 is 10.6 Å². The van der Waals surface area contributed by atoms with Crippen LogP contribution in [-0.4, -0.2) is 37.4 Å². The van der Waals surface area contributed by atoms with E-state index in [1.165, 1.54) is 12.4 Å². The predicted octanol–water partition coefficient (Wildman–Crippen LogP) is 4.06. The van der Waals surface area contributed by atoms with E-state index >= 15 is 0 Å². The van der Waals surface area contributed by atoms with Crippen molar-refractivity contribution in [1.29, 1.82) is 0 Å². The normalized spacial score (nSPS) is 19.1. The number of rotatable bonds is 6. The summed E-state index contributed by atoms with van der Waals surface area (Å²) in [6.07, 6.45) is 8.31. The van der Waals surface area contributed by atoms with Crippen molar-refractivity contribution in [2.75, 3.05) is 17.2 Å². The molecular formula is C19H20ClN7O2. The minimum atomic E-state index is -0.507. The van der Waals surface area contributed by atoms with Gasteiger partial charge in [0.15, 0.2) is 5.15 Å². The van der Waals surface area contributed by atoms with Crippen LogP contribution in [0.5, 0.6) is 0 Å². The fraction of sp³-hybridized carbons (Fsp3) is 0.368. The van der Waals surface area contributed by atoms with Gasteiger partial charge in [-0.3, -0.25) is 10.1 Å². The van der Waals surface area contributed by atoms with Crippen LogP contribution in [0.1, 0.15) is 25.7 Å². The molecule has 0 aliphatic heterocycles. The number of pyridine rings is 2. The maximum Gasteiger partial charge on any atom is 0.305 e. The molecule has 150 valence electrons. The van der Waals surface area contributed by atoms with E-state index in [0.717, 1.165) is 43.4 Å². The zero-order chi connectivity index (χ0) is 20.2. The smallest absolute Gasteiger partial charge is 0.305 e. The second-order valence-electron chi connectivity index (χ2n) is 7.13. The van der Waals surface area contributed by atoms with E-state index in [9.17, 15) is 10.1 Å². The highest BCUT2D eigenvalue weighted by atomic mass is 35.5. The lowest BCUT2D eigenvalue weighted by molar-refractivity contribution is -0.385. The Morgan fingerprint density at radius 3 is 2.59 bits per heavy atom. The van der Waals surface area contributed by atoms with E-state index in [4.69, 9.17) is 11.6 Å². The van der Waals surface area contributed by atoms with Gasteiger partial charge in [-0.1, -0.05) is 11.6 Å². The lowest BCUT2D eigenvalue weighted by Gasteiger charge is -2.29. The number of fused-ring (bicyclic) bond motifs is 1. The summed E-state index contributed by atoms with van der Waals surface area (Å²) in [6, 6.07) is 6.23. The van der Waals surface area contributed by atoms with Crippen LogP contribution in [0.2, 0.25) is 5.15 Å². The van der Waals surface area contributed by atoms with Crippen molar-refractivity contribution in [2.24, 2.45) is 5.92 Å². The highest BCUT2D eigenvalue weighted by molar-refractivity contribution is 6.33. The zero-order valence-corrected chi connectivity index (χ0v) is 16.3. The highest BCUT2D eigenvalue weighted by Gasteiger charge is 2.21. The molecule has 0 radical (unpaired) electrons. The molecule has 4 rings (SSSR count). The molecule has 3 aromatic rings. The summed E-state index contributed by atoms with van der Waals surface area (Å²) in [7, 11) is 0. The van der Waals surface area contributed by atoms with Crippen molar-refractivity contribution in [2.45, 2.75) is 31.7 Å². The molecule has 1 saturated carbocycles. The van der Waals surface area contributed by atoms with Gasteiger partial charge >= 0.3 is 5.69 Å². The topological polar surface area (TPSA) is 119 Å². The Balaban J connectivity index is 1.27. The molecule has 0 bridgehead atoms. The Morgan fingerprint density at radius 1 is 1.10 bits per heavy atom. The van der Waals surface area contributed by atoms with Gasteiger partial charge in [0.25, 0.3) is 0 Å². The quantitative estimate of drug-likeness (QED) is 0.352. The van der Waals surface area contributed by atoms with E-state index in [1.807, 2.05) is 18.2 Å². The second kappa shape index (κ2) is 8.52. The molecule has 1 fully saturated rings. The molecule has 0 saturated heterocycles. The molecule has 1 aliphatic rings. The van der Waals surface area contributed by atoms with Gasteiger partial charge in [-0.2, -0.15) is 0 Å². The van der Waals surface area contributed by atoms with Crippen LogP contribution in [0.3, 0.4) is 0 Å². The number of nitrogens with zero attached hydrogens (tertiary/aromatic N) is 5. The van der Waals surface area contributed by atoms with E-state index in [1.54, 1.807) is 6.20 Å². The van der Waals surface area contributed by atoms with Crippen LogP contribution in [-0.2, 0) is 0 Å². The van der Waals surface area contributed by atoms with Crippen LogP contribution >= 0.6 is 11.6 Å². The Hall–Kier alpha value is -3.07. The number of anilines is 2. The van der Waals surface area contributed by atoms with E-state index in [0.29, 0.717) is 28.6 Å². The van der Waals surface area contributed by atoms with Crippen LogP contribution in [0.25, 0.3) is 10.9 Å². The van der Waals surface area contributed by atoms with Gasteiger partial charge in [0, 0.05) is 24.2 Å². The summed E-state index contributed by atoms with van der Waals surface area (Å²) >= 11 is 6.15. The molecule has 0 unspecified atom stereocenters. The number of halogens is 1. The molecule has 9 nitrogen and oxygen atoms in total. The first kappa shape index (κ1) is 19.3. The molecule has 2 N–H and O–H groups in total. The molecule has 0 spiro atoms. The average Bonchev–Trinajstić information content (AvgIpc) is 2.74. The van der Waals surface area contributed by atoms with E-state index in [2.05, 4.69) is 30.6 Å². The van der Waals surface area contributed by atoms with Crippen LogP contribution in [0.15, 0.2) is 36.8 Å². The molecule has 0 atom stereocenters. The van der Waals surface area contributed by atoms with Crippen molar-refractivity contribution in [3.8, 4) is 0 Å². The third kappa shape index (κ3) is 4.68. The van der Waals surface area contributed by atoms with Gasteiger partial charge in [0.05, 0.1) is 4.92 Å². The number of nitrogens with one attached hydrogen (secondary N) is 2. The molecule has 3 aromatic heterocycles. The predicted molar refractivity (Wildman–Crippen MR) is 111 cm³/mol. The van der Waals surface area contributed by atoms with Gasteiger partial charge in [-0.05, 0) is 49.8 Å². The first-order chi connectivity index (χ1) is 14.1. The third-order valence-corrected chi connectivity index (χ3v) is 5.44. The van der Waals surface area contributed by atoms with Crippen molar-refractivity contribution < 1.29 is 4.92 Å². The van der Waals surface area contributed by atoms with Crippen molar-refractivity contribution in [3.63, 3.8) is 0 Å².